The van der Waals surface area contributed by atoms with E-state index in [1.165, 1.54) is 0 Å². The lowest BCUT2D eigenvalue weighted by molar-refractivity contribution is -0.116. The van der Waals surface area contributed by atoms with Crippen LogP contribution in [0.25, 0.3) is 0 Å². The number of amides is 1. The zero-order chi connectivity index (χ0) is 15.1. The van der Waals surface area contributed by atoms with Crippen LogP contribution in [0.3, 0.4) is 0 Å². The molecule has 21 heavy (non-hydrogen) atoms. The number of para-hydroxylation sites is 1. The smallest absolute Gasteiger partial charge is 0.225 e. The molecule has 0 aromatic heterocycles. The second-order valence-corrected chi connectivity index (χ2v) is 5.38. The molecule has 0 radical (unpaired) electrons. The molecule has 1 aromatic rings. The van der Waals surface area contributed by atoms with Crippen LogP contribution >= 0.6 is 11.6 Å². The average molecular weight is 310 g/mol. The second kappa shape index (κ2) is 8.05. The highest BCUT2D eigenvalue weighted by Crippen LogP contribution is 2.33. The van der Waals surface area contributed by atoms with Gasteiger partial charge in [-0.2, -0.15) is 0 Å². The highest BCUT2D eigenvalue weighted by molar-refractivity contribution is 6.32. The number of methoxy groups -OCH3 is 1. The molecule has 0 unspecified atom stereocenters. The molecule has 5 heteroatoms. The standard InChI is InChI=1S/C16H20ClNO3/c1-20-9-10-21-16-13(17)7-4-8-14(16)18-15(19)11-12-5-2-3-6-12/h2,4-5,7-8,12H,3,6,9-11H2,1H3,(H,18,19)/t12-/m0/s1. The van der Waals surface area contributed by atoms with E-state index in [2.05, 4.69) is 17.5 Å². The maximum Gasteiger partial charge on any atom is 0.225 e. The molecule has 0 fully saturated rings. The van der Waals surface area contributed by atoms with Gasteiger partial charge in [-0.25, -0.2) is 0 Å². The van der Waals surface area contributed by atoms with Gasteiger partial charge in [0.05, 0.1) is 17.3 Å². The highest BCUT2D eigenvalue weighted by Gasteiger charge is 2.16. The summed E-state index contributed by atoms with van der Waals surface area (Å²) in [5, 5.41) is 3.36. The highest BCUT2D eigenvalue weighted by atomic mass is 35.5. The third-order valence-corrected chi connectivity index (χ3v) is 3.63. The van der Waals surface area contributed by atoms with Crippen molar-refractivity contribution >= 4 is 23.2 Å². The quantitative estimate of drug-likeness (QED) is 0.617. The molecule has 0 bridgehead atoms. The Labute approximate surface area is 130 Å². The van der Waals surface area contributed by atoms with Crippen molar-refractivity contribution in [2.45, 2.75) is 19.3 Å². The summed E-state index contributed by atoms with van der Waals surface area (Å²) in [4.78, 5) is 12.1. The lowest BCUT2D eigenvalue weighted by Crippen LogP contribution is -2.16. The van der Waals surface area contributed by atoms with Gasteiger partial charge in [-0.1, -0.05) is 29.8 Å². The molecule has 0 heterocycles. The van der Waals surface area contributed by atoms with E-state index in [4.69, 9.17) is 21.1 Å². The predicted octanol–water partition coefficient (Wildman–Crippen LogP) is 3.66. The first kappa shape index (κ1) is 15.9. The van der Waals surface area contributed by atoms with Crippen molar-refractivity contribution in [1.82, 2.24) is 0 Å². The third-order valence-electron chi connectivity index (χ3n) is 3.33. The Bertz CT molecular complexity index is 516. The number of hydrogen-bond donors (Lipinski definition) is 1. The van der Waals surface area contributed by atoms with Gasteiger partial charge in [-0.05, 0) is 30.9 Å². The Balaban J connectivity index is 1.99. The van der Waals surface area contributed by atoms with Crippen molar-refractivity contribution in [2.24, 2.45) is 5.92 Å². The molecule has 0 saturated heterocycles. The van der Waals surface area contributed by atoms with Crippen LogP contribution in [0, 0.1) is 5.92 Å². The van der Waals surface area contributed by atoms with Gasteiger partial charge in [0.2, 0.25) is 5.91 Å². The minimum atomic E-state index is -0.0228. The van der Waals surface area contributed by atoms with E-state index in [1.807, 2.05) is 0 Å². The number of carbonyl (C=O) groups is 1. The number of allylic oxidation sites excluding steroid dienone is 2. The molecule has 114 valence electrons. The van der Waals surface area contributed by atoms with Crippen molar-refractivity contribution in [3.05, 3.63) is 35.4 Å². The number of nitrogens with one attached hydrogen (secondary N) is 1. The number of hydrogen-bond acceptors (Lipinski definition) is 3. The van der Waals surface area contributed by atoms with Crippen LogP contribution in [0.2, 0.25) is 5.02 Å². The van der Waals surface area contributed by atoms with E-state index in [0.29, 0.717) is 42.0 Å². The van der Waals surface area contributed by atoms with Crippen LogP contribution in [-0.2, 0) is 9.53 Å². The van der Waals surface area contributed by atoms with Gasteiger partial charge >= 0.3 is 0 Å². The summed E-state index contributed by atoms with van der Waals surface area (Å²) in [6.45, 7) is 0.847. The maximum atomic E-state index is 12.1. The molecular weight excluding hydrogens is 290 g/mol. The summed E-state index contributed by atoms with van der Waals surface area (Å²) in [6.07, 6.45) is 6.81. The van der Waals surface area contributed by atoms with Crippen molar-refractivity contribution in [3.8, 4) is 5.75 Å². The molecule has 2 rings (SSSR count). The van der Waals surface area contributed by atoms with Gasteiger partial charge in [0.25, 0.3) is 0 Å². The molecule has 1 N–H and O–H groups in total. The molecule has 1 aromatic carbocycles. The first-order chi connectivity index (χ1) is 10.2. The van der Waals surface area contributed by atoms with E-state index < -0.39 is 0 Å². The Hall–Kier alpha value is -1.52. The summed E-state index contributed by atoms with van der Waals surface area (Å²) in [6, 6.07) is 5.31. The molecule has 1 amide bonds. The number of benzene rings is 1. The Morgan fingerprint density at radius 2 is 2.29 bits per heavy atom. The topological polar surface area (TPSA) is 47.6 Å². The molecule has 0 saturated carbocycles. The predicted molar refractivity (Wildman–Crippen MR) is 83.9 cm³/mol. The molecule has 0 spiro atoms. The van der Waals surface area contributed by atoms with Crippen LogP contribution in [-0.4, -0.2) is 26.2 Å². The van der Waals surface area contributed by atoms with Crippen LogP contribution in [0.1, 0.15) is 19.3 Å². The monoisotopic (exact) mass is 309 g/mol. The first-order valence-electron chi connectivity index (χ1n) is 7.07. The molecule has 1 atom stereocenters. The molecule has 4 nitrogen and oxygen atoms in total. The SMILES string of the molecule is COCCOc1c(Cl)cccc1NC(=O)C[C@H]1C=CCC1. The van der Waals surface area contributed by atoms with Gasteiger partial charge in [0.1, 0.15) is 6.61 Å². The van der Waals surface area contributed by atoms with Crippen LogP contribution in [0.15, 0.2) is 30.4 Å². The number of carbonyl (C=O) groups excluding carboxylic acids is 1. The first-order valence-corrected chi connectivity index (χ1v) is 7.45. The van der Waals surface area contributed by atoms with Crippen molar-refractivity contribution in [2.75, 3.05) is 25.6 Å². The minimum Gasteiger partial charge on any atom is -0.487 e. The lowest BCUT2D eigenvalue weighted by atomic mass is 10.1. The fraction of sp³-hybridized carbons (Fsp3) is 0.438. The van der Waals surface area contributed by atoms with E-state index in [9.17, 15) is 4.79 Å². The maximum absolute atomic E-state index is 12.1. The van der Waals surface area contributed by atoms with E-state index in [0.717, 1.165) is 12.8 Å². The van der Waals surface area contributed by atoms with Crippen molar-refractivity contribution < 1.29 is 14.3 Å². The zero-order valence-electron chi connectivity index (χ0n) is 12.1. The van der Waals surface area contributed by atoms with Crippen LogP contribution in [0.5, 0.6) is 5.75 Å². The number of rotatable bonds is 7. The molecule has 1 aliphatic rings. The van der Waals surface area contributed by atoms with Crippen molar-refractivity contribution in [3.63, 3.8) is 0 Å². The molecular formula is C16H20ClNO3. The lowest BCUT2D eigenvalue weighted by Gasteiger charge is -2.14. The summed E-state index contributed by atoms with van der Waals surface area (Å²) in [5.74, 6) is 0.805. The van der Waals surface area contributed by atoms with Crippen LogP contribution in [0.4, 0.5) is 5.69 Å². The van der Waals surface area contributed by atoms with Crippen LogP contribution < -0.4 is 10.1 Å². The van der Waals surface area contributed by atoms with Crippen molar-refractivity contribution in [1.29, 1.82) is 0 Å². The van der Waals surface area contributed by atoms with Gasteiger partial charge in [0.15, 0.2) is 5.75 Å². The second-order valence-electron chi connectivity index (χ2n) is 4.98. The molecule has 1 aliphatic carbocycles. The summed E-state index contributed by atoms with van der Waals surface area (Å²) in [7, 11) is 1.60. The van der Waals surface area contributed by atoms with E-state index in [-0.39, 0.29) is 5.91 Å². The van der Waals surface area contributed by atoms with Gasteiger partial charge in [-0.15, -0.1) is 0 Å². The minimum absolute atomic E-state index is 0.0228. The Morgan fingerprint density at radius 1 is 1.43 bits per heavy atom. The number of anilines is 1. The van der Waals surface area contributed by atoms with Gasteiger partial charge in [0, 0.05) is 13.5 Å². The van der Waals surface area contributed by atoms with Gasteiger partial charge < -0.3 is 14.8 Å². The summed E-state index contributed by atoms with van der Waals surface area (Å²) in [5.41, 5.74) is 0.602. The number of halogens is 1. The van der Waals surface area contributed by atoms with E-state index >= 15 is 0 Å². The normalized spacial score (nSPS) is 17.0. The largest absolute Gasteiger partial charge is 0.487 e. The zero-order valence-corrected chi connectivity index (χ0v) is 12.9. The molecule has 0 aliphatic heterocycles. The Morgan fingerprint density at radius 3 is 3.00 bits per heavy atom. The van der Waals surface area contributed by atoms with Gasteiger partial charge in [-0.3, -0.25) is 4.79 Å². The Kier molecular flexibility index (Phi) is 6.08. The fourth-order valence-corrected chi connectivity index (χ4v) is 2.51. The third kappa shape index (κ3) is 4.76. The number of ether oxygens (including phenoxy) is 2. The summed E-state index contributed by atoms with van der Waals surface area (Å²) < 4.78 is 10.5. The average Bonchev–Trinajstić information content (AvgIpc) is 2.94. The van der Waals surface area contributed by atoms with E-state index in [1.54, 1.807) is 25.3 Å². The summed E-state index contributed by atoms with van der Waals surface area (Å²) >= 11 is 6.13. The fourth-order valence-electron chi connectivity index (χ4n) is 2.29.